The lowest BCUT2D eigenvalue weighted by Gasteiger charge is -2.09. The molecule has 1 aromatic heterocycles. The van der Waals surface area contributed by atoms with E-state index in [1.807, 2.05) is 73.7 Å². The molecule has 0 atom stereocenters. The highest BCUT2D eigenvalue weighted by molar-refractivity contribution is 6.20. The van der Waals surface area contributed by atoms with E-state index in [0.717, 1.165) is 22.7 Å². The summed E-state index contributed by atoms with van der Waals surface area (Å²) in [6.45, 7) is 2.70. The molecule has 1 aliphatic heterocycles. The molecule has 0 spiro atoms. The number of carboxylic acids is 1. The van der Waals surface area contributed by atoms with Crippen LogP contribution in [-0.4, -0.2) is 34.3 Å². The van der Waals surface area contributed by atoms with Gasteiger partial charge in [0, 0.05) is 5.56 Å². The number of aromatic nitrogens is 2. The van der Waals surface area contributed by atoms with E-state index in [-0.39, 0.29) is 12.4 Å². The second kappa shape index (κ2) is 9.15. The molecule has 3 aromatic carbocycles. The van der Waals surface area contributed by atoms with Crippen molar-refractivity contribution in [1.82, 2.24) is 9.78 Å². The van der Waals surface area contributed by atoms with E-state index in [2.05, 4.69) is 0 Å². The Hall–Kier alpha value is -4.52. The van der Waals surface area contributed by atoms with Gasteiger partial charge in [0.2, 0.25) is 6.79 Å². The molecule has 0 fully saturated rings. The first-order valence-electron chi connectivity index (χ1n) is 10.9. The van der Waals surface area contributed by atoms with Gasteiger partial charge in [-0.3, -0.25) is 0 Å². The predicted octanol–water partition coefficient (Wildman–Crippen LogP) is 5.29. The number of benzene rings is 3. The van der Waals surface area contributed by atoms with Crippen molar-refractivity contribution in [3.05, 3.63) is 90.1 Å². The molecule has 170 valence electrons. The minimum Gasteiger partial charge on any atom is -0.494 e. The van der Waals surface area contributed by atoms with Gasteiger partial charge in [0.25, 0.3) is 0 Å². The fourth-order valence-corrected chi connectivity index (χ4v) is 3.81. The fourth-order valence-electron chi connectivity index (χ4n) is 3.81. The normalized spacial score (nSPS) is 12.6. The van der Waals surface area contributed by atoms with E-state index in [1.54, 1.807) is 22.9 Å². The van der Waals surface area contributed by atoms with Crippen LogP contribution in [0.1, 0.15) is 18.2 Å². The van der Waals surface area contributed by atoms with Gasteiger partial charge in [-0.2, -0.15) is 5.10 Å². The summed E-state index contributed by atoms with van der Waals surface area (Å²) >= 11 is 0. The van der Waals surface area contributed by atoms with Crippen molar-refractivity contribution in [1.29, 1.82) is 0 Å². The zero-order chi connectivity index (χ0) is 23.5. The first-order chi connectivity index (χ1) is 16.6. The summed E-state index contributed by atoms with van der Waals surface area (Å²) in [4.78, 5) is 12.0. The second-order valence-electron chi connectivity index (χ2n) is 7.59. The maximum Gasteiger partial charge on any atom is 0.336 e. The average Bonchev–Trinajstić information content (AvgIpc) is 3.50. The van der Waals surface area contributed by atoms with Crippen LogP contribution in [0, 0.1) is 0 Å². The fraction of sp³-hybridized carbons (Fsp3) is 0.111. The van der Waals surface area contributed by atoms with Crippen LogP contribution in [0.2, 0.25) is 0 Å². The molecular formula is C27H22N2O5. The third kappa shape index (κ3) is 4.23. The molecule has 4 aromatic rings. The standard InChI is InChI=1S/C27H22N2O5/c1-2-32-22-11-9-21(10-12-22)29-24(19-8-13-25-26(14-19)34-17-33-25)16-20(28-29)15-23(27(30)31)18-6-4-3-5-7-18/h3-16H,2,17H2,1H3,(H,30,31). The number of carbonyl (C=O) groups is 1. The van der Waals surface area contributed by atoms with Crippen molar-refractivity contribution < 1.29 is 24.1 Å². The zero-order valence-corrected chi connectivity index (χ0v) is 18.5. The predicted molar refractivity (Wildman–Crippen MR) is 128 cm³/mol. The van der Waals surface area contributed by atoms with E-state index < -0.39 is 5.97 Å². The third-order valence-corrected chi connectivity index (χ3v) is 5.40. The van der Waals surface area contributed by atoms with E-state index >= 15 is 0 Å². The van der Waals surface area contributed by atoms with Crippen LogP contribution in [-0.2, 0) is 4.79 Å². The lowest BCUT2D eigenvalue weighted by molar-refractivity contribution is -0.130. The lowest BCUT2D eigenvalue weighted by Crippen LogP contribution is -2.01. The van der Waals surface area contributed by atoms with Gasteiger partial charge in [-0.15, -0.1) is 0 Å². The molecule has 2 heterocycles. The molecule has 0 unspecified atom stereocenters. The van der Waals surface area contributed by atoms with Crippen LogP contribution < -0.4 is 14.2 Å². The second-order valence-corrected chi connectivity index (χ2v) is 7.59. The summed E-state index contributed by atoms with van der Waals surface area (Å²) in [5.74, 6) is 1.09. The molecule has 7 nitrogen and oxygen atoms in total. The van der Waals surface area contributed by atoms with Gasteiger partial charge < -0.3 is 19.3 Å². The Balaban J connectivity index is 1.63. The van der Waals surface area contributed by atoms with Gasteiger partial charge in [-0.1, -0.05) is 30.3 Å². The van der Waals surface area contributed by atoms with Crippen molar-refractivity contribution in [3.63, 3.8) is 0 Å². The molecule has 7 heteroatoms. The minimum atomic E-state index is -1.02. The number of rotatable bonds is 7. The topological polar surface area (TPSA) is 82.8 Å². The molecule has 0 radical (unpaired) electrons. The highest BCUT2D eigenvalue weighted by Gasteiger charge is 2.18. The van der Waals surface area contributed by atoms with Gasteiger partial charge >= 0.3 is 5.97 Å². The summed E-state index contributed by atoms with van der Waals surface area (Å²) in [5.41, 5.74) is 3.74. The Bertz CT molecular complexity index is 1360. The molecule has 0 saturated heterocycles. The number of carboxylic acid groups (broad SMARTS) is 1. The molecule has 34 heavy (non-hydrogen) atoms. The lowest BCUT2D eigenvalue weighted by atomic mass is 10.0. The van der Waals surface area contributed by atoms with Crippen LogP contribution in [0.4, 0.5) is 0 Å². The minimum absolute atomic E-state index is 0.161. The number of hydrogen-bond acceptors (Lipinski definition) is 5. The molecule has 1 aliphatic rings. The molecular weight excluding hydrogens is 432 g/mol. The highest BCUT2D eigenvalue weighted by Crippen LogP contribution is 2.37. The smallest absolute Gasteiger partial charge is 0.336 e. The number of aliphatic carboxylic acids is 1. The molecule has 0 bridgehead atoms. The van der Waals surface area contributed by atoms with Gasteiger partial charge in [-0.05, 0) is 67.1 Å². The van der Waals surface area contributed by atoms with Gasteiger partial charge in [-0.25, -0.2) is 9.48 Å². The Morgan fingerprint density at radius 2 is 1.79 bits per heavy atom. The third-order valence-electron chi connectivity index (χ3n) is 5.40. The Morgan fingerprint density at radius 1 is 1.03 bits per heavy atom. The molecule has 0 saturated carbocycles. The van der Waals surface area contributed by atoms with Crippen molar-refractivity contribution in [2.24, 2.45) is 0 Å². The van der Waals surface area contributed by atoms with E-state index in [9.17, 15) is 9.90 Å². The summed E-state index contributed by atoms with van der Waals surface area (Å²) < 4.78 is 18.3. The number of nitrogens with zero attached hydrogens (tertiary/aromatic N) is 2. The van der Waals surface area contributed by atoms with Crippen molar-refractivity contribution >= 4 is 17.6 Å². The molecule has 5 rings (SSSR count). The summed E-state index contributed by atoms with van der Waals surface area (Å²) in [6, 6.07) is 24.1. The molecule has 1 N–H and O–H groups in total. The number of hydrogen-bond donors (Lipinski definition) is 1. The first-order valence-corrected chi connectivity index (χ1v) is 10.9. The van der Waals surface area contributed by atoms with Crippen molar-refractivity contribution in [2.75, 3.05) is 13.4 Å². The summed E-state index contributed by atoms with van der Waals surface area (Å²) in [6.07, 6.45) is 1.58. The van der Waals surface area contributed by atoms with Gasteiger partial charge in [0.15, 0.2) is 11.5 Å². The maximum absolute atomic E-state index is 12.0. The van der Waals surface area contributed by atoms with Crippen LogP contribution in [0.5, 0.6) is 17.2 Å². The number of ether oxygens (including phenoxy) is 3. The van der Waals surface area contributed by atoms with Crippen LogP contribution >= 0.6 is 0 Å². The summed E-state index contributed by atoms with van der Waals surface area (Å²) in [7, 11) is 0. The van der Waals surface area contributed by atoms with Crippen molar-refractivity contribution in [3.8, 4) is 34.2 Å². The molecule has 0 amide bonds. The van der Waals surface area contributed by atoms with Gasteiger partial charge in [0.1, 0.15) is 5.75 Å². The first kappa shape index (κ1) is 21.3. The van der Waals surface area contributed by atoms with Crippen LogP contribution in [0.25, 0.3) is 28.6 Å². The average molecular weight is 454 g/mol. The van der Waals surface area contributed by atoms with Gasteiger partial charge in [0.05, 0.1) is 29.3 Å². The Morgan fingerprint density at radius 3 is 2.53 bits per heavy atom. The van der Waals surface area contributed by atoms with E-state index in [0.29, 0.717) is 29.4 Å². The number of fused-ring (bicyclic) bond motifs is 1. The quantitative estimate of drug-likeness (QED) is 0.382. The van der Waals surface area contributed by atoms with E-state index in [1.165, 1.54) is 0 Å². The van der Waals surface area contributed by atoms with Crippen molar-refractivity contribution in [2.45, 2.75) is 6.92 Å². The maximum atomic E-state index is 12.0. The zero-order valence-electron chi connectivity index (χ0n) is 18.5. The monoisotopic (exact) mass is 454 g/mol. The SMILES string of the molecule is CCOc1ccc(-n2nc(C=C(C(=O)O)c3ccccc3)cc2-c2ccc3c(c2)OCO3)cc1. The van der Waals surface area contributed by atoms with E-state index in [4.69, 9.17) is 19.3 Å². The Kier molecular flexibility index (Phi) is 5.74. The highest BCUT2D eigenvalue weighted by atomic mass is 16.7. The summed E-state index contributed by atoms with van der Waals surface area (Å²) in [5, 5.41) is 14.6. The van der Waals surface area contributed by atoms with Crippen LogP contribution in [0.15, 0.2) is 78.9 Å². The molecule has 0 aliphatic carbocycles. The Labute approximate surface area is 196 Å². The van der Waals surface area contributed by atoms with Crippen LogP contribution in [0.3, 0.4) is 0 Å². The largest absolute Gasteiger partial charge is 0.494 e.